The van der Waals surface area contributed by atoms with E-state index in [1.807, 2.05) is 12.1 Å². The number of rotatable bonds is 4. The number of hydrogen-bond acceptors (Lipinski definition) is 3. The first-order valence-corrected chi connectivity index (χ1v) is 8.52. The second kappa shape index (κ2) is 7.25. The second-order valence-corrected chi connectivity index (χ2v) is 6.57. The van der Waals surface area contributed by atoms with Crippen molar-refractivity contribution in [2.75, 3.05) is 23.3 Å². The van der Waals surface area contributed by atoms with Gasteiger partial charge in [-0.05, 0) is 49.2 Å². The van der Waals surface area contributed by atoms with Crippen LogP contribution < -0.4 is 10.2 Å². The Morgan fingerprint density at radius 2 is 1.41 bits per heavy atom. The maximum absolute atomic E-state index is 13.3. The van der Waals surface area contributed by atoms with Gasteiger partial charge in [0, 0.05) is 36.1 Å². The summed E-state index contributed by atoms with van der Waals surface area (Å²) >= 11 is 0. The maximum Gasteiger partial charge on any atom is 0.458 e. The lowest BCUT2D eigenvalue weighted by Crippen LogP contribution is -2.39. The molecule has 0 aromatic heterocycles. The molecule has 3 nitrogen and oxygen atoms in total. The van der Waals surface area contributed by atoms with Gasteiger partial charge in [-0.15, -0.1) is 0 Å². The summed E-state index contributed by atoms with van der Waals surface area (Å²) in [5.41, 5.74) is 0.451. The molecule has 0 atom stereocenters. The number of hydrogen-bond donors (Lipinski definition) is 2. The van der Waals surface area contributed by atoms with Crippen molar-refractivity contribution in [3.8, 4) is 5.75 Å². The quantitative estimate of drug-likeness (QED) is 0.716. The Morgan fingerprint density at radius 1 is 0.852 bits per heavy atom. The third-order valence-electron chi connectivity index (χ3n) is 4.68. The number of piperidine rings is 1. The molecule has 8 heteroatoms. The first-order valence-electron chi connectivity index (χ1n) is 8.52. The summed E-state index contributed by atoms with van der Waals surface area (Å²) in [5, 5.41) is 12.5. The molecule has 2 aromatic carbocycles. The number of phenolic OH excluding ortho intramolecular Hbond substituents is 1. The van der Waals surface area contributed by atoms with Crippen molar-refractivity contribution in [3.63, 3.8) is 0 Å². The van der Waals surface area contributed by atoms with E-state index in [1.54, 1.807) is 12.1 Å². The van der Waals surface area contributed by atoms with Gasteiger partial charge in [0.15, 0.2) is 0 Å². The van der Waals surface area contributed by atoms with E-state index in [9.17, 15) is 27.1 Å². The van der Waals surface area contributed by atoms with Gasteiger partial charge in [-0.25, -0.2) is 0 Å². The van der Waals surface area contributed by atoms with Crippen molar-refractivity contribution in [1.29, 1.82) is 0 Å². The summed E-state index contributed by atoms with van der Waals surface area (Å²) in [6, 6.07) is 11.1. The van der Waals surface area contributed by atoms with Crippen molar-refractivity contribution in [1.82, 2.24) is 0 Å². The summed E-state index contributed by atoms with van der Waals surface area (Å²) in [7, 11) is 0. The molecule has 3 rings (SSSR count). The van der Waals surface area contributed by atoms with Gasteiger partial charge in [-0.2, -0.15) is 22.0 Å². The molecule has 1 fully saturated rings. The molecule has 0 radical (unpaired) electrons. The number of benzene rings is 2. The molecule has 0 aliphatic carbocycles. The highest BCUT2D eigenvalue weighted by atomic mass is 19.4. The molecule has 1 aliphatic rings. The number of halogens is 5. The van der Waals surface area contributed by atoms with Crippen molar-refractivity contribution in [2.24, 2.45) is 0 Å². The number of anilines is 2. The SMILES string of the molecule is Oc1ccc(N2CCC(Nc3ccc(C(F)(F)C(F)(F)F)cc3)CC2)cc1. The molecule has 0 bridgehead atoms. The third kappa shape index (κ3) is 4.26. The fourth-order valence-electron chi connectivity index (χ4n) is 3.12. The first kappa shape index (κ1) is 19.3. The molecule has 0 unspecified atom stereocenters. The van der Waals surface area contributed by atoms with Gasteiger partial charge >= 0.3 is 12.1 Å². The van der Waals surface area contributed by atoms with Crippen LogP contribution in [0, 0.1) is 0 Å². The van der Waals surface area contributed by atoms with Crippen LogP contribution in [-0.2, 0) is 5.92 Å². The van der Waals surface area contributed by atoms with Gasteiger partial charge in [0.05, 0.1) is 0 Å². The van der Waals surface area contributed by atoms with Crippen LogP contribution in [0.2, 0.25) is 0 Å². The molecule has 146 valence electrons. The number of aromatic hydroxyl groups is 1. The van der Waals surface area contributed by atoms with Crippen LogP contribution in [-0.4, -0.2) is 30.4 Å². The van der Waals surface area contributed by atoms with Crippen LogP contribution in [0.15, 0.2) is 48.5 Å². The standard InChI is InChI=1S/C19H19F5N2O/c20-18(21,19(22,23)24)13-1-3-14(4-2-13)25-15-9-11-26(12-10-15)16-5-7-17(27)8-6-16/h1-8,15,25,27H,9-12H2. The van der Waals surface area contributed by atoms with Crippen LogP contribution in [0.5, 0.6) is 5.75 Å². The highest BCUT2D eigenvalue weighted by Crippen LogP contribution is 2.44. The summed E-state index contributed by atoms with van der Waals surface area (Å²) in [4.78, 5) is 2.17. The first-order chi connectivity index (χ1) is 12.7. The Hall–Kier alpha value is -2.51. The lowest BCUT2D eigenvalue weighted by molar-refractivity contribution is -0.289. The summed E-state index contributed by atoms with van der Waals surface area (Å²) in [5.74, 6) is -4.66. The van der Waals surface area contributed by atoms with Gasteiger partial charge in [-0.3, -0.25) is 0 Å². The third-order valence-corrected chi connectivity index (χ3v) is 4.68. The molecule has 1 aliphatic heterocycles. The van der Waals surface area contributed by atoms with Gasteiger partial charge in [-0.1, -0.05) is 12.1 Å². The van der Waals surface area contributed by atoms with Crippen LogP contribution in [0.25, 0.3) is 0 Å². The van der Waals surface area contributed by atoms with Crippen LogP contribution in [0.1, 0.15) is 18.4 Å². The topological polar surface area (TPSA) is 35.5 Å². The second-order valence-electron chi connectivity index (χ2n) is 6.57. The molecule has 0 amide bonds. The molecule has 1 heterocycles. The van der Waals surface area contributed by atoms with E-state index in [0.29, 0.717) is 5.69 Å². The highest BCUT2D eigenvalue weighted by molar-refractivity contribution is 5.50. The lowest BCUT2D eigenvalue weighted by Gasteiger charge is -2.34. The summed E-state index contributed by atoms with van der Waals surface area (Å²) < 4.78 is 63.9. The fourth-order valence-corrected chi connectivity index (χ4v) is 3.12. The molecule has 0 saturated carbocycles. The molecule has 1 saturated heterocycles. The zero-order valence-corrected chi connectivity index (χ0v) is 14.3. The average Bonchev–Trinajstić information content (AvgIpc) is 2.63. The van der Waals surface area contributed by atoms with E-state index < -0.39 is 17.7 Å². The van der Waals surface area contributed by atoms with E-state index in [4.69, 9.17) is 0 Å². The van der Waals surface area contributed by atoms with Crippen molar-refractivity contribution in [2.45, 2.75) is 31.0 Å². The van der Waals surface area contributed by atoms with Crippen LogP contribution in [0.4, 0.5) is 33.3 Å². The smallest absolute Gasteiger partial charge is 0.458 e. The van der Waals surface area contributed by atoms with Crippen molar-refractivity contribution >= 4 is 11.4 Å². The van der Waals surface area contributed by atoms with Gasteiger partial charge in [0.1, 0.15) is 5.75 Å². The van der Waals surface area contributed by atoms with Crippen LogP contribution >= 0.6 is 0 Å². The monoisotopic (exact) mass is 386 g/mol. The maximum atomic E-state index is 13.3. The highest BCUT2D eigenvalue weighted by Gasteiger charge is 2.58. The van der Waals surface area contributed by atoms with Crippen molar-refractivity contribution in [3.05, 3.63) is 54.1 Å². The van der Waals surface area contributed by atoms with E-state index in [0.717, 1.165) is 43.8 Å². The molecular weight excluding hydrogens is 367 g/mol. The number of phenols is 1. The Morgan fingerprint density at radius 3 is 1.93 bits per heavy atom. The molecule has 0 spiro atoms. The van der Waals surface area contributed by atoms with E-state index in [2.05, 4.69) is 10.2 Å². The largest absolute Gasteiger partial charge is 0.508 e. The summed E-state index contributed by atoms with van der Waals surface area (Å²) in [6.45, 7) is 1.54. The number of alkyl halides is 5. The number of nitrogens with zero attached hydrogens (tertiary/aromatic N) is 1. The van der Waals surface area contributed by atoms with E-state index >= 15 is 0 Å². The van der Waals surface area contributed by atoms with Gasteiger partial charge < -0.3 is 15.3 Å². The molecular formula is C19H19F5N2O. The fraction of sp³-hybridized carbons (Fsp3) is 0.368. The Bertz CT molecular complexity index is 751. The van der Waals surface area contributed by atoms with Crippen LogP contribution in [0.3, 0.4) is 0 Å². The normalized spacial score (nSPS) is 16.4. The Balaban J connectivity index is 1.57. The predicted octanol–water partition coefficient (Wildman–Crippen LogP) is 5.13. The zero-order chi connectivity index (χ0) is 19.7. The molecule has 2 N–H and O–H groups in total. The van der Waals surface area contributed by atoms with Gasteiger partial charge in [0.2, 0.25) is 0 Å². The molecule has 27 heavy (non-hydrogen) atoms. The zero-order valence-electron chi connectivity index (χ0n) is 14.3. The minimum absolute atomic E-state index is 0.104. The predicted molar refractivity (Wildman–Crippen MR) is 93.4 cm³/mol. The Kier molecular flexibility index (Phi) is 5.17. The van der Waals surface area contributed by atoms with Gasteiger partial charge in [0.25, 0.3) is 0 Å². The lowest BCUT2D eigenvalue weighted by atomic mass is 10.0. The number of nitrogens with one attached hydrogen (secondary N) is 1. The minimum Gasteiger partial charge on any atom is -0.508 e. The van der Waals surface area contributed by atoms with E-state index in [-0.39, 0.29) is 11.8 Å². The minimum atomic E-state index is -5.61. The molecule has 2 aromatic rings. The van der Waals surface area contributed by atoms with Crippen molar-refractivity contribution < 1.29 is 27.1 Å². The summed E-state index contributed by atoms with van der Waals surface area (Å²) in [6.07, 6.45) is -4.02. The van der Waals surface area contributed by atoms with E-state index in [1.165, 1.54) is 12.1 Å². The average molecular weight is 386 g/mol. The Labute approximate surface area is 153 Å².